The maximum atomic E-state index is 12.8. The summed E-state index contributed by atoms with van der Waals surface area (Å²) in [6.07, 6.45) is 1.28. The van der Waals surface area contributed by atoms with Crippen molar-refractivity contribution in [3.63, 3.8) is 0 Å². The van der Waals surface area contributed by atoms with Crippen LogP contribution < -0.4 is 4.90 Å². The highest BCUT2D eigenvalue weighted by Crippen LogP contribution is 2.40. The van der Waals surface area contributed by atoms with Crippen LogP contribution in [0, 0.1) is 6.92 Å². The van der Waals surface area contributed by atoms with E-state index in [1.807, 2.05) is 45.9 Å². The monoisotopic (exact) mass is 327 g/mol. The number of rotatable bonds is 2. The summed E-state index contributed by atoms with van der Waals surface area (Å²) in [6, 6.07) is 7.82. The van der Waals surface area contributed by atoms with Crippen LogP contribution in [-0.4, -0.2) is 21.7 Å². The lowest BCUT2D eigenvalue weighted by Gasteiger charge is -2.28. The molecule has 128 valence electrons. The van der Waals surface area contributed by atoms with Gasteiger partial charge in [0.2, 0.25) is 0 Å². The molecule has 1 aromatic heterocycles. The van der Waals surface area contributed by atoms with Gasteiger partial charge in [0, 0.05) is 12.1 Å². The zero-order valence-electron chi connectivity index (χ0n) is 15.0. The number of amides is 1. The van der Waals surface area contributed by atoms with Crippen molar-refractivity contribution in [2.45, 2.75) is 59.1 Å². The number of carbonyl (C=O) groups excluding carboxylic acids is 1. The van der Waals surface area contributed by atoms with Crippen molar-refractivity contribution >= 4 is 11.8 Å². The van der Waals surface area contributed by atoms with Crippen LogP contribution in [-0.2, 0) is 17.6 Å². The van der Waals surface area contributed by atoms with Crippen molar-refractivity contribution in [3.05, 3.63) is 47.0 Å². The Morgan fingerprint density at radius 2 is 2.08 bits per heavy atom. The Hall–Kier alpha value is -2.30. The van der Waals surface area contributed by atoms with Gasteiger partial charge in [0.05, 0.1) is 11.4 Å². The molecule has 0 radical (unpaired) electrons. The van der Waals surface area contributed by atoms with Gasteiger partial charge in [-0.15, -0.1) is 0 Å². The fourth-order valence-corrected chi connectivity index (χ4v) is 3.17. The van der Waals surface area contributed by atoms with E-state index in [2.05, 4.69) is 18.0 Å². The van der Waals surface area contributed by atoms with Crippen LogP contribution in [0.25, 0.3) is 0 Å². The van der Waals surface area contributed by atoms with E-state index in [4.69, 9.17) is 9.72 Å². The zero-order chi connectivity index (χ0) is 17.5. The number of hydrogen-bond acceptors (Lipinski definition) is 3. The number of ether oxygens (including phenoxy) is 1. The van der Waals surface area contributed by atoms with Gasteiger partial charge in [-0.2, -0.15) is 0 Å². The largest absolute Gasteiger partial charge is 0.443 e. The predicted octanol–water partition coefficient (Wildman–Crippen LogP) is 4.32. The van der Waals surface area contributed by atoms with E-state index < -0.39 is 5.60 Å². The summed E-state index contributed by atoms with van der Waals surface area (Å²) in [6.45, 7) is 9.76. The average molecular weight is 327 g/mol. The molecule has 1 N–H and O–H groups in total. The SMILES string of the molecule is CCc1nc(C2Cc3ccccc3N2C(=O)OC(C)(C)C)[nH]c1C. The van der Waals surface area contributed by atoms with E-state index >= 15 is 0 Å². The number of hydrogen-bond donors (Lipinski definition) is 1. The molecule has 0 saturated heterocycles. The first-order valence-corrected chi connectivity index (χ1v) is 8.45. The summed E-state index contributed by atoms with van der Waals surface area (Å²) >= 11 is 0. The van der Waals surface area contributed by atoms with Crippen molar-refractivity contribution in [3.8, 4) is 0 Å². The minimum atomic E-state index is -0.535. The normalized spacial score (nSPS) is 17.0. The van der Waals surface area contributed by atoms with Crippen molar-refractivity contribution in [1.29, 1.82) is 0 Å². The molecule has 0 bridgehead atoms. The summed E-state index contributed by atoms with van der Waals surface area (Å²) in [7, 11) is 0. The number of fused-ring (bicyclic) bond motifs is 1. The topological polar surface area (TPSA) is 58.2 Å². The highest BCUT2D eigenvalue weighted by molar-refractivity contribution is 5.91. The fraction of sp³-hybridized carbons (Fsp3) is 0.474. The first-order chi connectivity index (χ1) is 11.3. The molecule has 5 nitrogen and oxygen atoms in total. The van der Waals surface area contributed by atoms with E-state index in [1.54, 1.807) is 4.90 Å². The van der Waals surface area contributed by atoms with Crippen LogP contribution >= 0.6 is 0 Å². The minimum absolute atomic E-state index is 0.156. The molecule has 2 heterocycles. The number of para-hydroxylation sites is 1. The number of anilines is 1. The third-order valence-electron chi connectivity index (χ3n) is 4.22. The highest BCUT2D eigenvalue weighted by Gasteiger charge is 2.38. The summed E-state index contributed by atoms with van der Waals surface area (Å²) in [5, 5.41) is 0. The number of aryl methyl sites for hydroxylation is 2. The van der Waals surface area contributed by atoms with Crippen molar-refractivity contribution in [1.82, 2.24) is 9.97 Å². The Morgan fingerprint density at radius 3 is 2.71 bits per heavy atom. The van der Waals surface area contributed by atoms with Crippen LogP contribution in [0.15, 0.2) is 24.3 Å². The summed E-state index contributed by atoms with van der Waals surface area (Å²) in [5.74, 6) is 0.825. The number of H-pyrrole nitrogens is 1. The lowest BCUT2D eigenvalue weighted by atomic mass is 10.1. The number of aromatic amines is 1. The number of aromatic nitrogens is 2. The summed E-state index contributed by atoms with van der Waals surface area (Å²) < 4.78 is 5.64. The minimum Gasteiger partial charge on any atom is -0.443 e. The molecule has 5 heteroatoms. The first kappa shape index (κ1) is 16.6. The fourth-order valence-electron chi connectivity index (χ4n) is 3.17. The van der Waals surface area contributed by atoms with Gasteiger partial charge in [-0.3, -0.25) is 4.90 Å². The molecule has 2 aromatic rings. The molecule has 3 rings (SSSR count). The second kappa shape index (κ2) is 5.96. The Morgan fingerprint density at radius 1 is 1.38 bits per heavy atom. The van der Waals surface area contributed by atoms with Gasteiger partial charge in [0.1, 0.15) is 17.5 Å². The molecule has 1 unspecified atom stereocenters. The van der Waals surface area contributed by atoms with Crippen molar-refractivity contribution < 1.29 is 9.53 Å². The second-order valence-corrected chi connectivity index (χ2v) is 7.25. The predicted molar refractivity (Wildman–Crippen MR) is 94.3 cm³/mol. The highest BCUT2D eigenvalue weighted by atomic mass is 16.6. The summed E-state index contributed by atoms with van der Waals surface area (Å²) in [5.41, 5.74) is 3.62. The molecule has 1 atom stereocenters. The van der Waals surface area contributed by atoms with Gasteiger partial charge in [0.15, 0.2) is 0 Å². The van der Waals surface area contributed by atoms with Gasteiger partial charge in [-0.05, 0) is 45.7 Å². The molecule has 0 fully saturated rings. The van der Waals surface area contributed by atoms with E-state index in [0.717, 1.165) is 41.3 Å². The van der Waals surface area contributed by atoms with Crippen LogP contribution in [0.5, 0.6) is 0 Å². The maximum absolute atomic E-state index is 12.8. The molecule has 1 aromatic carbocycles. The van der Waals surface area contributed by atoms with Crippen molar-refractivity contribution in [2.24, 2.45) is 0 Å². The van der Waals surface area contributed by atoms with Gasteiger partial charge in [-0.25, -0.2) is 9.78 Å². The molecule has 24 heavy (non-hydrogen) atoms. The molecule has 1 aliphatic heterocycles. The average Bonchev–Trinajstić information content (AvgIpc) is 3.05. The third kappa shape index (κ3) is 3.03. The maximum Gasteiger partial charge on any atom is 0.415 e. The van der Waals surface area contributed by atoms with E-state index in [-0.39, 0.29) is 12.1 Å². The zero-order valence-corrected chi connectivity index (χ0v) is 15.0. The van der Waals surface area contributed by atoms with Crippen molar-refractivity contribution in [2.75, 3.05) is 4.90 Å². The van der Waals surface area contributed by atoms with Crippen LogP contribution in [0.2, 0.25) is 0 Å². The van der Waals surface area contributed by atoms with Crippen LogP contribution in [0.4, 0.5) is 10.5 Å². The summed E-state index contributed by atoms with van der Waals surface area (Å²) in [4.78, 5) is 22.6. The molecule has 1 aliphatic rings. The van der Waals surface area contributed by atoms with E-state index in [0.29, 0.717) is 0 Å². The lowest BCUT2D eigenvalue weighted by Crippen LogP contribution is -2.38. The quantitative estimate of drug-likeness (QED) is 0.893. The number of benzene rings is 1. The third-order valence-corrected chi connectivity index (χ3v) is 4.22. The van der Waals surface area contributed by atoms with Gasteiger partial charge in [-0.1, -0.05) is 25.1 Å². The molecular weight excluding hydrogens is 302 g/mol. The standard InChI is InChI=1S/C19H25N3O2/c1-6-14-12(2)20-17(21-14)16-11-13-9-7-8-10-15(13)22(16)18(23)24-19(3,4)5/h7-10,16H,6,11H2,1-5H3,(H,20,21). The van der Waals surface area contributed by atoms with Crippen LogP contribution in [0.3, 0.4) is 0 Å². The number of carbonyl (C=O) groups is 1. The molecular formula is C19H25N3O2. The van der Waals surface area contributed by atoms with Gasteiger partial charge >= 0.3 is 6.09 Å². The van der Waals surface area contributed by atoms with Gasteiger partial charge < -0.3 is 9.72 Å². The smallest absolute Gasteiger partial charge is 0.415 e. The molecule has 0 spiro atoms. The Kier molecular flexibility index (Phi) is 4.11. The molecule has 0 aliphatic carbocycles. The molecule has 1 amide bonds. The number of nitrogens with one attached hydrogen (secondary N) is 1. The molecule has 0 saturated carbocycles. The van der Waals surface area contributed by atoms with E-state index in [9.17, 15) is 4.79 Å². The Labute approximate surface area is 143 Å². The number of nitrogens with zero attached hydrogens (tertiary/aromatic N) is 2. The van der Waals surface area contributed by atoms with Crippen LogP contribution in [0.1, 0.15) is 56.5 Å². The van der Waals surface area contributed by atoms with E-state index in [1.165, 1.54) is 0 Å². The van der Waals surface area contributed by atoms with Gasteiger partial charge in [0.25, 0.3) is 0 Å². The number of imidazole rings is 1. The second-order valence-electron chi connectivity index (χ2n) is 7.25. The first-order valence-electron chi connectivity index (χ1n) is 8.45. The lowest BCUT2D eigenvalue weighted by molar-refractivity contribution is 0.0568. The Balaban J connectivity index is 2.00. The Bertz CT molecular complexity index is 758.